The van der Waals surface area contributed by atoms with Gasteiger partial charge < -0.3 is 25.8 Å². The molecule has 0 radical (unpaired) electrons. The summed E-state index contributed by atoms with van der Waals surface area (Å²) in [6.07, 6.45) is 1.97. The first-order valence-electron chi connectivity index (χ1n) is 9.98. The molecule has 0 bridgehead atoms. The fourth-order valence-corrected chi connectivity index (χ4v) is 3.46. The van der Waals surface area contributed by atoms with E-state index in [2.05, 4.69) is 25.8 Å². The van der Waals surface area contributed by atoms with Crippen LogP contribution in [0, 0.1) is 0 Å². The summed E-state index contributed by atoms with van der Waals surface area (Å²) in [5.41, 5.74) is 0.947. The molecule has 2 heterocycles. The number of hydrogen-bond acceptors (Lipinski definition) is 5. The number of anilines is 3. The van der Waals surface area contributed by atoms with E-state index in [0.29, 0.717) is 29.5 Å². The monoisotopic (exact) mass is 444 g/mol. The van der Waals surface area contributed by atoms with Gasteiger partial charge in [0.15, 0.2) is 0 Å². The van der Waals surface area contributed by atoms with Gasteiger partial charge in [0.1, 0.15) is 5.82 Å². The summed E-state index contributed by atoms with van der Waals surface area (Å²) >= 11 is 6.14. The Bertz CT molecular complexity index is 932. The fraction of sp³-hybridized carbons (Fsp3) is 0.333. The van der Waals surface area contributed by atoms with Crippen molar-refractivity contribution in [1.82, 2.24) is 15.2 Å². The Morgan fingerprint density at radius 2 is 1.84 bits per heavy atom. The number of nitrogens with one attached hydrogen (secondary N) is 3. The van der Waals surface area contributed by atoms with Crippen LogP contribution in [-0.2, 0) is 9.59 Å². The topological polar surface area (TPSA) is 107 Å². The third kappa shape index (κ3) is 6.58. The van der Waals surface area contributed by atoms with E-state index in [0.717, 1.165) is 18.9 Å². The average Bonchev–Trinajstić information content (AvgIpc) is 2.76. The number of hydrogen-bond donors (Lipinski definition) is 3. The Balaban J connectivity index is 1.38. The van der Waals surface area contributed by atoms with Crippen LogP contribution in [0.2, 0.25) is 5.02 Å². The zero-order valence-electron chi connectivity index (χ0n) is 17.2. The van der Waals surface area contributed by atoms with Crippen molar-refractivity contribution in [2.45, 2.75) is 13.3 Å². The summed E-state index contributed by atoms with van der Waals surface area (Å²) in [5, 5.41) is 8.21. The number of urea groups is 1. The summed E-state index contributed by atoms with van der Waals surface area (Å²) in [7, 11) is 0. The second-order valence-electron chi connectivity index (χ2n) is 7.06. The van der Waals surface area contributed by atoms with Gasteiger partial charge in [-0.05, 0) is 30.3 Å². The molecule has 9 nitrogen and oxygen atoms in total. The molecule has 0 aliphatic carbocycles. The maximum Gasteiger partial charge on any atom is 0.319 e. The first-order valence-corrected chi connectivity index (χ1v) is 10.4. The summed E-state index contributed by atoms with van der Waals surface area (Å²) in [4.78, 5) is 43.9. The van der Waals surface area contributed by atoms with Crippen LogP contribution in [0.5, 0.6) is 0 Å². The van der Waals surface area contributed by atoms with Crippen LogP contribution < -0.4 is 20.9 Å². The van der Waals surface area contributed by atoms with Gasteiger partial charge in [0.05, 0.1) is 10.7 Å². The molecular weight excluding hydrogens is 420 g/mol. The fourth-order valence-electron chi connectivity index (χ4n) is 3.23. The van der Waals surface area contributed by atoms with E-state index in [1.165, 1.54) is 6.92 Å². The second-order valence-corrected chi connectivity index (χ2v) is 7.47. The van der Waals surface area contributed by atoms with Gasteiger partial charge in [-0.15, -0.1) is 0 Å². The van der Waals surface area contributed by atoms with Gasteiger partial charge in [-0.1, -0.05) is 17.7 Å². The minimum atomic E-state index is -0.457. The van der Waals surface area contributed by atoms with Crippen molar-refractivity contribution in [1.29, 1.82) is 0 Å². The van der Waals surface area contributed by atoms with Crippen molar-refractivity contribution < 1.29 is 14.4 Å². The van der Waals surface area contributed by atoms with Crippen molar-refractivity contribution in [3.63, 3.8) is 0 Å². The highest BCUT2D eigenvalue weighted by atomic mass is 35.5. The maximum atomic E-state index is 12.4. The molecule has 1 aliphatic rings. The highest BCUT2D eigenvalue weighted by Gasteiger charge is 2.21. The number of rotatable bonds is 6. The molecule has 1 aromatic carbocycles. The average molecular weight is 445 g/mol. The molecule has 10 heteroatoms. The van der Waals surface area contributed by atoms with Gasteiger partial charge in [0.25, 0.3) is 0 Å². The van der Waals surface area contributed by atoms with Crippen molar-refractivity contribution in [3.8, 4) is 0 Å². The SMILES string of the molecule is CC(=O)Nc1ccc(NC(=O)NCCC(=O)N2CCN(c3ccccn3)CC2)c(Cl)c1. The van der Waals surface area contributed by atoms with E-state index in [4.69, 9.17) is 11.6 Å². The third-order valence-electron chi connectivity index (χ3n) is 4.77. The Morgan fingerprint density at radius 1 is 1.06 bits per heavy atom. The highest BCUT2D eigenvalue weighted by Crippen LogP contribution is 2.25. The number of aromatic nitrogens is 1. The molecule has 0 spiro atoms. The summed E-state index contributed by atoms with van der Waals surface area (Å²) < 4.78 is 0. The van der Waals surface area contributed by atoms with Crippen molar-refractivity contribution >= 4 is 46.6 Å². The first-order chi connectivity index (χ1) is 14.9. The number of amides is 4. The van der Waals surface area contributed by atoms with Crippen LogP contribution in [0.4, 0.5) is 22.0 Å². The van der Waals surface area contributed by atoms with Crippen LogP contribution in [0.1, 0.15) is 13.3 Å². The van der Waals surface area contributed by atoms with Gasteiger partial charge in [-0.25, -0.2) is 9.78 Å². The van der Waals surface area contributed by atoms with E-state index in [9.17, 15) is 14.4 Å². The smallest absolute Gasteiger partial charge is 0.319 e. The molecule has 1 fully saturated rings. The van der Waals surface area contributed by atoms with Crippen LogP contribution in [0.3, 0.4) is 0 Å². The van der Waals surface area contributed by atoms with Crippen LogP contribution >= 0.6 is 11.6 Å². The Labute approximate surface area is 185 Å². The van der Waals surface area contributed by atoms with E-state index in [-0.39, 0.29) is 24.8 Å². The quantitative estimate of drug-likeness (QED) is 0.634. The lowest BCUT2D eigenvalue weighted by Gasteiger charge is -2.35. The summed E-state index contributed by atoms with van der Waals surface area (Å²) in [6, 6.07) is 10.1. The molecule has 3 N–H and O–H groups in total. The van der Waals surface area contributed by atoms with E-state index in [1.807, 2.05) is 18.2 Å². The molecule has 2 aromatic rings. The highest BCUT2D eigenvalue weighted by molar-refractivity contribution is 6.34. The van der Waals surface area contributed by atoms with E-state index in [1.54, 1.807) is 29.3 Å². The standard InChI is InChI=1S/C21H25ClN6O3/c1-15(29)25-16-5-6-18(17(22)14-16)26-21(31)24-9-7-20(30)28-12-10-27(11-13-28)19-4-2-3-8-23-19/h2-6,8,14H,7,9-13H2,1H3,(H,25,29)(H2,24,26,31). The Kier molecular flexibility index (Phi) is 7.66. The summed E-state index contributed by atoms with van der Waals surface area (Å²) in [5.74, 6) is 0.702. The predicted molar refractivity (Wildman–Crippen MR) is 120 cm³/mol. The number of carbonyl (C=O) groups excluding carboxylic acids is 3. The van der Waals surface area contributed by atoms with Gasteiger partial charge in [0, 0.05) is 58.0 Å². The van der Waals surface area contributed by atoms with Crippen LogP contribution in [-0.4, -0.2) is 60.5 Å². The Hall–Kier alpha value is -3.33. The van der Waals surface area contributed by atoms with Crippen molar-refractivity contribution in [2.75, 3.05) is 48.3 Å². The third-order valence-corrected chi connectivity index (χ3v) is 5.08. The summed E-state index contributed by atoms with van der Waals surface area (Å²) in [6.45, 7) is 4.31. The number of benzene rings is 1. The number of nitrogens with zero attached hydrogens (tertiary/aromatic N) is 3. The molecule has 1 saturated heterocycles. The van der Waals surface area contributed by atoms with Gasteiger partial charge in [0.2, 0.25) is 11.8 Å². The van der Waals surface area contributed by atoms with Crippen molar-refractivity contribution in [2.24, 2.45) is 0 Å². The maximum absolute atomic E-state index is 12.4. The second kappa shape index (κ2) is 10.6. The zero-order chi connectivity index (χ0) is 22.2. The molecule has 1 aromatic heterocycles. The Morgan fingerprint density at radius 3 is 2.48 bits per heavy atom. The molecule has 3 rings (SSSR count). The zero-order valence-corrected chi connectivity index (χ0v) is 18.0. The molecule has 1 aliphatic heterocycles. The minimum absolute atomic E-state index is 0.00124. The lowest BCUT2D eigenvalue weighted by Crippen LogP contribution is -2.49. The van der Waals surface area contributed by atoms with E-state index < -0.39 is 6.03 Å². The van der Waals surface area contributed by atoms with E-state index >= 15 is 0 Å². The van der Waals surface area contributed by atoms with Gasteiger partial charge in [-0.3, -0.25) is 9.59 Å². The number of halogens is 1. The lowest BCUT2D eigenvalue weighted by atomic mass is 10.2. The normalized spacial score (nSPS) is 13.5. The molecule has 164 valence electrons. The first kappa shape index (κ1) is 22.4. The number of pyridine rings is 1. The largest absolute Gasteiger partial charge is 0.353 e. The molecule has 4 amide bonds. The van der Waals surface area contributed by atoms with Crippen LogP contribution in [0.15, 0.2) is 42.6 Å². The number of carbonyl (C=O) groups is 3. The molecule has 0 atom stereocenters. The van der Waals surface area contributed by atoms with Crippen molar-refractivity contribution in [3.05, 3.63) is 47.6 Å². The molecule has 31 heavy (non-hydrogen) atoms. The molecule has 0 unspecified atom stereocenters. The molecule has 0 saturated carbocycles. The predicted octanol–water partition coefficient (Wildman–Crippen LogP) is 2.55. The minimum Gasteiger partial charge on any atom is -0.353 e. The number of piperazine rings is 1. The van der Waals surface area contributed by atoms with Gasteiger partial charge >= 0.3 is 6.03 Å². The lowest BCUT2D eigenvalue weighted by molar-refractivity contribution is -0.131. The molecular formula is C21H25ClN6O3. The van der Waals surface area contributed by atoms with Gasteiger partial charge in [-0.2, -0.15) is 0 Å². The van der Waals surface area contributed by atoms with Crippen LogP contribution in [0.25, 0.3) is 0 Å².